The molecule has 2 amide bonds. The number of hydrazine groups is 1. The molecule has 3 N–H and O–H groups in total. The van der Waals surface area contributed by atoms with Crippen LogP contribution < -0.4 is 15.6 Å². The average Bonchev–Trinajstić information content (AvgIpc) is 3.13. The fraction of sp³-hybridized carbons (Fsp3) is 0.0435. The fourth-order valence-electron chi connectivity index (χ4n) is 3.50. The number of rotatable bonds is 4. The van der Waals surface area contributed by atoms with Crippen LogP contribution >= 0.6 is 23.5 Å². The van der Waals surface area contributed by atoms with Gasteiger partial charge in [0.05, 0.1) is 16.6 Å². The van der Waals surface area contributed by atoms with Crippen LogP contribution in [-0.4, -0.2) is 25.7 Å². The molecule has 5 aromatic rings. The largest absolute Gasteiger partial charge is 0.322 e. The van der Waals surface area contributed by atoms with Crippen LogP contribution in [0.1, 0.15) is 0 Å². The fourth-order valence-corrected chi connectivity index (χ4v) is 4.07. The van der Waals surface area contributed by atoms with Crippen molar-refractivity contribution in [3.63, 3.8) is 0 Å². The molecule has 5 rings (SSSR count). The van der Waals surface area contributed by atoms with Crippen LogP contribution in [0.5, 0.6) is 0 Å². The van der Waals surface area contributed by atoms with E-state index in [2.05, 4.69) is 15.6 Å². The summed E-state index contributed by atoms with van der Waals surface area (Å²) in [5.41, 5.74) is 9.24. The Hall–Kier alpha value is -3.82. The lowest BCUT2D eigenvalue weighted by Gasteiger charge is -2.10. The second-order valence-electron chi connectivity index (χ2n) is 7.16. The molecule has 0 saturated heterocycles. The van der Waals surface area contributed by atoms with E-state index in [0.717, 1.165) is 39.4 Å². The molecule has 3 aromatic carbocycles. The molecule has 10 heteroatoms. The van der Waals surface area contributed by atoms with Gasteiger partial charge in [-0.3, -0.25) is 20.4 Å². The number of para-hydroxylation sites is 3. The smallest absolute Gasteiger partial charge is 0.317 e. The van der Waals surface area contributed by atoms with E-state index in [1.54, 1.807) is 28.8 Å². The quantitative estimate of drug-likeness (QED) is 0.252. The zero-order valence-corrected chi connectivity index (χ0v) is 18.7. The highest BCUT2D eigenvalue weighted by atomic mass is 35.5. The third kappa shape index (κ3) is 4.41. The summed E-state index contributed by atoms with van der Waals surface area (Å²) in [5.74, 6) is -0.395. The van der Waals surface area contributed by atoms with Gasteiger partial charge >= 0.3 is 5.24 Å². The van der Waals surface area contributed by atoms with Gasteiger partial charge in [0, 0.05) is 28.0 Å². The highest BCUT2D eigenvalue weighted by Gasteiger charge is 2.16. The van der Waals surface area contributed by atoms with Crippen LogP contribution in [0.25, 0.3) is 33.1 Å². The zero-order valence-electron chi connectivity index (χ0n) is 17.1. The Morgan fingerprint density at radius 2 is 1.58 bits per heavy atom. The number of nitrogens with zero attached hydrogens (tertiary/aromatic N) is 3. The molecule has 8 nitrogen and oxygen atoms in total. The third-order valence-corrected chi connectivity index (χ3v) is 5.85. The molecule has 2 heterocycles. The Morgan fingerprint density at radius 3 is 2.36 bits per heavy atom. The van der Waals surface area contributed by atoms with Gasteiger partial charge in [0.2, 0.25) is 0 Å². The Kier molecular flexibility index (Phi) is 5.72. The van der Waals surface area contributed by atoms with Crippen molar-refractivity contribution in [2.24, 2.45) is 0 Å². The molecule has 0 fully saturated rings. The van der Waals surface area contributed by atoms with Crippen molar-refractivity contribution in [3.8, 4) is 0 Å². The van der Waals surface area contributed by atoms with Crippen LogP contribution in [0.2, 0.25) is 5.02 Å². The Morgan fingerprint density at radius 1 is 0.879 bits per heavy atom. The number of hydrogen-bond donors (Lipinski definition) is 3. The van der Waals surface area contributed by atoms with Crippen LogP contribution in [0, 0.1) is 0 Å². The van der Waals surface area contributed by atoms with Crippen LogP contribution in [0.4, 0.5) is 10.5 Å². The molecule has 0 aliphatic rings. The van der Waals surface area contributed by atoms with Crippen LogP contribution in [-0.2, 0) is 11.3 Å². The molecule has 2 aromatic heterocycles. The van der Waals surface area contributed by atoms with Crippen LogP contribution in [0.15, 0.2) is 72.8 Å². The first-order chi connectivity index (χ1) is 16.1. The van der Waals surface area contributed by atoms with E-state index in [0.29, 0.717) is 16.4 Å². The first kappa shape index (κ1) is 21.0. The molecule has 0 unspecified atom stereocenters. The van der Waals surface area contributed by atoms with Gasteiger partial charge in [0.25, 0.3) is 5.91 Å². The number of anilines is 1. The lowest BCUT2D eigenvalue weighted by atomic mass is 10.2. The molecular formula is C23H17ClN6O2S. The summed E-state index contributed by atoms with van der Waals surface area (Å²) < 4.78 is 4.67. The predicted octanol–water partition coefficient (Wildman–Crippen LogP) is 4.89. The Labute approximate surface area is 197 Å². The number of amides is 2. The number of fused-ring (bicyclic) bond motifs is 4. The molecule has 164 valence electrons. The van der Waals surface area contributed by atoms with Gasteiger partial charge in [-0.25, -0.2) is 9.97 Å². The summed E-state index contributed by atoms with van der Waals surface area (Å²) >= 11 is 6.65. The summed E-state index contributed by atoms with van der Waals surface area (Å²) in [4.78, 5) is 34.2. The maximum atomic E-state index is 12.6. The molecule has 0 aliphatic carbocycles. The van der Waals surface area contributed by atoms with E-state index in [-0.39, 0.29) is 6.54 Å². The van der Waals surface area contributed by atoms with Crippen molar-refractivity contribution in [2.75, 3.05) is 4.72 Å². The molecule has 0 spiro atoms. The molecular weight excluding hydrogens is 460 g/mol. The molecule has 0 saturated carbocycles. The Bertz CT molecular complexity index is 1500. The van der Waals surface area contributed by atoms with Crippen LogP contribution in [0.3, 0.4) is 0 Å². The molecule has 33 heavy (non-hydrogen) atoms. The number of aromatic nitrogens is 3. The summed E-state index contributed by atoms with van der Waals surface area (Å²) in [6, 6.07) is 22.2. The normalized spacial score (nSPS) is 11.1. The lowest BCUT2D eigenvalue weighted by Crippen LogP contribution is -2.41. The summed E-state index contributed by atoms with van der Waals surface area (Å²) in [6.45, 7) is -0.0351. The average molecular weight is 477 g/mol. The van der Waals surface area contributed by atoms with E-state index in [1.807, 2.05) is 48.5 Å². The van der Waals surface area contributed by atoms with Gasteiger partial charge in [-0.2, -0.15) is 0 Å². The molecule has 0 aliphatic heterocycles. The van der Waals surface area contributed by atoms with Crippen molar-refractivity contribution < 1.29 is 9.59 Å². The SMILES string of the molecule is O=C(Cn1c2ccccc2c2nc3ccccc3nc21)NNC(=O)SNc1ccc(Cl)cc1. The topological polar surface area (TPSA) is 101 Å². The van der Waals surface area contributed by atoms with Gasteiger partial charge in [-0.15, -0.1) is 0 Å². The van der Waals surface area contributed by atoms with Crippen molar-refractivity contribution in [3.05, 3.63) is 77.8 Å². The highest BCUT2D eigenvalue weighted by molar-refractivity contribution is 8.14. The van der Waals surface area contributed by atoms with E-state index in [4.69, 9.17) is 21.6 Å². The minimum Gasteiger partial charge on any atom is -0.322 e. The minimum absolute atomic E-state index is 0.0351. The standard InChI is InChI=1S/C23H17ClN6O2S/c24-14-9-11-15(12-10-14)29-33-23(32)28-27-20(31)13-30-19-8-4-1-5-16(19)21-22(30)26-18-7-3-2-6-17(18)25-21/h1-12,29H,13H2,(H,27,31)(H,28,32). The number of carbonyl (C=O) groups excluding carboxylic acids is 2. The van der Waals surface area contributed by atoms with E-state index in [9.17, 15) is 9.59 Å². The highest BCUT2D eigenvalue weighted by Crippen LogP contribution is 2.28. The molecule has 0 atom stereocenters. The van der Waals surface area contributed by atoms with E-state index < -0.39 is 11.1 Å². The lowest BCUT2D eigenvalue weighted by molar-refractivity contribution is -0.122. The van der Waals surface area contributed by atoms with Crippen molar-refractivity contribution in [1.82, 2.24) is 25.4 Å². The number of hydrogen-bond acceptors (Lipinski definition) is 6. The van der Waals surface area contributed by atoms with E-state index in [1.165, 1.54) is 0 Å². The Balaban J connectivity index is 1.31. The first-order valence-corrected chi connectivity index (χ1v) is 11.2. The van der Waals surface area contributed by atoms with Gasteiger partial charge in [-0.05, 0) is 42.5 Å². The van der Waals surface area contributed by atoms with Gasteiger partial charge in [0.15, 0.2) is 5.65 Å². The van der Waals surface area contributed by atoms with Crippen molar-refractivity contribution in [2.45, 2.75) is 6.54 Å². The van der Waals surface area contributed by atoms with Gasteiger partial charge < -0.3 is 9.29 Å². The van der Waals surface area contributed by atoms with Crippen molar-refractivity contribution in [1.29, 1.82) is 0 Å². The summed E-state index contributed by atoms with van der Waals surface area (Å²) in [7, 11) is 0. The monoisotopic (exact) mass is 476 g/mol. The van der Waals surface area contributed by atoms with E-state index >= 15 is 0 Å². The second-order valence-corrected chi connectivity index (χ2v) is 8.37. The second kappa shape index (κ2) is 8.97. The predicted molar refractivity (Wildman–Crippen MR) is 132 cm³/mol. The number of carbonyl (C=O) groups is 2. The number of benzene rings is 3. The van der Waals surface area contributed by atoms with Gasteiger partial charge in [0.1, 0.15) is 12.1 Å². The third-order valence-electron chi connectivity index (χ3n) is 4.97. The molecule has 0 bridgehead atoms. The van der Waals surface area contributed by atoms with Crippen molar-refractivity contribution >= 4 is 73.5 Å². The zero-order chi connectivity index (χ0) is 22.8. The maximum absolute atomic E-state index is 12.6. The minimum atomic E-state index is -0.466. The van der Waals surface area contributed by atoms with Gasteiger partial charge in [-0.1, -0.05) is 41.9 Å². The first-order valence-electron chi connectivity index (χ1n) is 9.99. The summed E-state index contributed by atoms with van der Waals surface area (Å²) in [5, 5.41) is 1.04. The number of halogens is 1. The molecule has 0 radical (unpaired) electrons. The maximum Gasteiger partial charge on any atom is 0.317 e. The number of nitrogens with one attached hydrogen (secondary N) is 3. The summed E-state index contributed by atoms with van der Waals surface area (Å²) in [6.07, 6.45) is 0.